The number of nitrogens with one attached hydrogen (secondary N) is 3. The molecule has 3 N–H and O–H groups in total. The summed E-state index contributed by atoms with van der Waals surface area (Å²) in [5, 5.41) is 9.06. The van der Waals surface area contributed by atoms with Crippen molar-refractivity contribution in [2.24, 2.45) is 17.8 Å². The molecule has 1 saturated heterocycles. The van der Waals surface area contributed by atoms with Crippen molar-refractivity contribution in [1.82, 2.24) is 16.0 Å². The fourth-order valence-electron chi connectivity index (χ4n) is 6.84. The van der Waals surface area contributed by atoms with Crippen LogP contribution >= 0.6 is 0 Å². The topological polar surface area (TPSA) is 90.5 Å². The normalized spacial score (nSPS) is 30.4. The minimum atomic E-state index is -0.133. The Bertz CT molecular complexity index is 846. The second-order valence-corrected chi connectivity index (χ2v) is 10.4. The number of hydrogen-bond acceptors (Lipinski definition) is 3. The third-order valence-corrected chi connectivity index (χ3v) is 7.87. The van der Waals surface area contributed by atoms with Crippen molar-refractivity contribution in [2.45, 2.75) is 69.9 Å². The average molecular weight is 439 g/mol. The summed E-state index contributed by atoms with van der Waals surface area (Å²) in [5.74, 6) is 2.45. The van der Waals surface area contributed by atoms with Gasteiger partial charge in [0.05, 0.1) is 0 Å². The van der Waals surface area contributed by atoms with Gasteiger partial charge >= 0.3 is 6.03 Å². The Balaban J connectivity index is 1.01. The van der Waals surface area contributed by atoms with Crippen LogP contribution in [0.1, 0.15) is 63.4 Å². The van der Waals surface area contributed by atoms with Crippen LogP contribution < -0.4 is 20.9 Å². The maximum absolute atomic E-state index is 12.5. The van der Waals surface area contributed by atoms with Crippen molar-refractivity contribution < 1.29 is 14.4 Å². The number of urea groups is 1. The van der Waals surface area contributed by atoms with Crippen LogP contribution in [0.25, 0.3) is 0 Å². The maximum Gasteiger partial charge on any atom is 0.315 e. The molecule has 1 heterocycles. The SMILES string of the molecule is O=C(CCNC(=O)NC12CC3CC(CC(C3)C1)C2)NCc1ccc(N2CCCC2=O)cc1. The number of benzene rings is 1. The van der Waals surface area contributed by atoms with E-state index in [1.54, 1.807) is 0 Å². The van der Waals surface area contributed by atoms with Crippen molar-refractivity contribution in [2.75, 3.05) is 18.0 Å². The summed E-state index contributed by atoms with van der Waals surface area (Å²) in [7, 11) is 0. The zero-order valence-electron chi connectivity index (χ0n) is 18.7. The van der Waals surface area contributed by atoms with Gasteiger partial charge in [0.1, 0.15) is 0 Å². The third-order valence-electron chi connectivity index (χ3n) is 7.87. The number of amides is 4. The van der Waals surface area contributed by atoms with Crippen molar-refractivity contribution in [3.8, 4) is 0 Å². The Kier molecular flexibility index (Phi) is 5.82. The lowest BCUT2D eigenvalue weighted by Crippen LogP contribution is -2.61. The molecule has 4 bridgehead atoms. The molecular formula is C25H34N4O3. The Morgan fingerprint density at radius 3 is 2.22 bits per heavy atom. The average Bonchev–Trinajstić information content (AvgIpc) is 3.17. The van der Waals surface area contributed by atoms with Crippen LogP contribution in [0, 0.1) is 17.8 Å². The van der Waals surface area contributed by atoms with Gasteiger partial charge in [-0.05, 0) is 80.4 Å². The Labute approximate surface area is 189 Å². The van der Waals surface area contributed by atoms with E-state index in [-0.39, 0.29) is 29.8 Å². The van der Waals surface area contributed by atoms with Crippen LogP contribution in [0.2, 0.25) is 0 Å². The highest BCUT2D eigenvalue weighted by molar-refractivity contribution is 5.95. The first kappa shape index (κ1) is 21.3. The standard InChI is InChI=1S/C25H34N4O3/c30-22(27-16-17-3-5-21(6-4-17)29-9-1-2-23(29)31)7-8-26-24(32)28-25-13-18-10-19(14-25)12-20(11-18)15-25/h3-6,18-20H,1-2,7-16H2,(H,27,30)(H2,26,28,32). The van der Waals surface area contributed by atoms with E-state index in [0.717, 1.165) is 61.2 Å². The van der Waals surface area contributed by atoms with Gasteiger partial charge < -0.3 is 20.9 Å². The largest absolute Gasteiger partial charge is 0.352 e. The summed E-state index contributed by atoms with van der Waals surface area (Å²) in [5.41, 5.74) is 1.89. The van der Waals surface area contributed by atoms with Gasteiger partial charge in [-0.1, -0.05) is 12.1 Å². The second-order valence-electron chi connectivity index (χ2n) is 10.4. The first-order valence-electron chi connectivity index (χ1n) is 12.2. The summed E-state index contributed by atoms with van der Waals surface area (Å²) in [6.45, 7) is 1.55. The molecule has 1 aromatic rings. The molecule has 5 fully saturated rings. The molecule has 0 spiro atoms. The van der Waals surface area contributed by atoms with Gasteiger partial charge in [0.2, 0.25) is 11.8 Å². The molecule has 4 saturated carbocycles. The Morgan fingerprint density at radius 2 is 1.62 bits per heavy atom. The molecule has 4 amide bonds. The van der Waals surface area contributed by atoms with E-state index in [4.69, 9.17) is 0 Å². The number of carbonyl (C=O) groups excluding carboxylic acids is 3. The smallest absolute Gasteiger partial charge is 0.315 e. The number of carbonyl (C=O) groups is 3. The van der Waals surface area contributed by atoms with Crippen LogP contribution in [0.15, 0.2) is 24.3 Å². The molecule has 32 heavy (non-hydrogen) atoms. The lowest BCUT2D eigenvalue weighted by atomic mass is 9.53. The molecular weight excluding hydrogens is 404 g/mol. The zero-order chi connectivity index (χ0) is 22.1. The molecule has 0 unspecified atom stereocenters. The molecule has 6 rings (SSSR count). The molecule has 1 aliphatic heterocycles. The van der Waals surface area contributed by atoms with Crippen LogP contribution in [0.5, 0.6) is 0 Å². The Hall–Kier alpha value is -2.57. The van der Waals surface area contributed by atoms with E-state index >= 15 is 0 Å². The molecule has 7 nitrogen and oxygen atoms in total. The van der Waals surface area contributed by atoms with Gasteiger partial charge in [-0.25, -0.2) is 4.79 Å². The summed E-state index contributed by atoms with van der Waals surface area (Å²) in [6.07, 6.45) is 9.20. The number of anilines is 1. The predicted octanol–water partition coefficient (Wildman–Crippen LogP) is 3.09. The van der Waals surface area contributed by atoms with E-state index < -0.39 is 0 Å². The van der Waals surface area contributed by atoms with Crippen molar-refractivity contribution in [3.05, 3.63) is 29.8 Å². The van der Waals surface area contributed by atoms with Crippen LogP contribution in [-0.2, 0) is 16.1 Å². The number of rotatable bonds is 7. The van der Waals surface area contributed by atoms with E-state index in [1.807, 2.05) is 29.2 Å². The third kappa shape index (κ3) is 4.62. The highest BCUT2D eigenvalue weighted by Gasteiger charge is 2.51. The summed E-state index contributed by atoms with van der Waals surface area (Å²) in [6, 6.07) is 7.62. The minimum Gasteiger partial charge on any atom is -0.352 e. The summed E-state index contributed by atoms with van der Waals surface area (Å²) in [4.78, 5) is 38.3. The molecule has 0 aromatic heterocycles. The van der Waals surface area contributed by atoms with Crippen LogP contribution in [0.4, 0.5) is 10.5 Å². The van der Waals surface area contributed by atoms with E-state index in [0.29, 0.717) is 19.5 Å². The van der Waals surface area contributed by atoms with Gasteiger partial charge in [0.25, 0.3) is 0 Å². The van der Waals surface area contributed by atoms with Gasteiger partial charge in [0, 0.05) is 43.7 Å². The summed E-state index contributed by atoms with van der Waals surface area (Å²) < 4.78 is 0. The second kappa shape index (κ2) is 8.75. The fourth-order valence-corrected chi connectivity index (χ4v) is 6.84. The highest BCUT2D eigenvalue weighted by atomic mass is 16.2. The van der Waals surface area contributed by atoms with Gasteiger partial charge in [-0.15, -0.1) is 0 Å². The maximum atomic E-state index is 12.5. The minimum absolute atomic E-state index is 0.00701. The zero-order valence-corrected chi connectivity index (χ0v) is 18.7. The number of hydrogen-bond donors (Lipinski definition) is 3. The van der Waals surface area contributed by atoms with Gasteiger partial charge in [-0.3, -0.25) is 9.59 Å². The first-order chi connectivity index (χ1) is 15.5. The molecule has 4 aliphatic carbocycles. The summed E-state index contributed by atoms with van der Waals surface area (Å²) >= 11 is 0. The van der Waals surface area contributed by atoms with Crippen LogP contribution in [0.3, 0.4) is 0 Å². The molecule has 172 valence electrons. The van der Waals surface area contributed by atoms with E-state index in [9.17, 15) is 14.4 Å². The van der Waals surface area contributed by atoms with Crippen molar-refractivity contribution in [1.29, 1.82) is 0 Å². The van der Waals surface area contributed by atoms with Crippen LogP contribution in [-0.4, -0.2) is 36.5 Å². The van der Waals surface area contributed by atoms with E-state index in [2.05, 4.69) is 16.0 Å². The molecule has 7 heteroatoms. The molecule has 1 aromatic carbocycles. The molecule has 0 radical (unpaired) electrons. The monoisotopic (exact) mass is 438 g/mol. The first-order valence-corrected chi connectivity index (χ1v) is 12.2. The number of nitrogens with zero attached hydrogens (tertiary/aromatic N) is 1. The van der Waals surface area contributed by atoms with Gasteiger partial charge in [-0.2, -0.15) is 0 Å². The van der Waals surface area contributed by atoms with Crippen molar-refractivity contribution in [3.63, 3.8) is 0 Å². The quantitative estimate of drug-likeness (QED) is 0.611. The highest BCUT2D eigenvalue weighted by Crippen LogP contribution is 2.55. The Morgan fingerprint density at radius 1 is 0.969 bits per heavy atom. The van der Waals surface area contributed by atoms with E-state index in [1.165, 1.54) is 19.3 Å². The lowest BCUT2D eigenvalue weighted by Gasteiger charge is -2.56. The van der Waals surface area contributed by atoms with Crippen molar-refractivity contribution >= 4 is 23.5 Å². The predicted molar refractivity (Wildman–Crippen MR) is 122 cm³/mol. The molecule has 0 atom stereocenters. The lowest BCUT2D eigenvalue weighted by molar-refractivity contribution is -0.121. The molecule has 5 aliphatic rings. The van der Waals surface area contributed by atoms with Gasteiger partial charge in [0.15, 0.2) is 0 Å². The fraction of sp³-hybridized carbons (Fsp3) is 0.640.